The van der Waals surface area contributed by atoms with Crippen LogP contribution < -0.4 is 16.6 Å². The molecule has 5 N–H and O–H groups in total. The SMILES string of the molecule is Cc1c(NOO)cc2[nH]c(=O)c(=O)[nH]c2c1C(=O)O. The van der Waals surface area contributed by atoms with Crippen molar-refractivity contribution >= 4 is 22.7 Å². The van der Waals surface area contributed by atoms with Gasteiger partial charge < -0.3 is 15.1 Å². The summed E-state index contributed by atoms with van der Waals surface area (Å²) in [6.07, 6.45) is 0. The lowest BCUT2D eigenvalue weighted by Gasteiger charge is -2.11. The maximum atomic E-state index is 11.3. The monoisotopic (exact) mass is 267 g/mol. The molecule has 1 aromatic heterocycles. The van der Waals surface area contributed by atoms with Gasteiger partial charge in [-0.05, 0) is 18.6 Å². The average molecular weight is 267 g/mol. The van der Waals surface area contributed by atoms with E-state index in [4.69, 9.17) is 5.26 Å². The number of aromatic carboxylic acids is 1. The number of H-pyrrole nitrogens is 2. The molecule has 19 heavy (non-hydrogen) atoms. The molecule has 0 aliphatic rings. The fourth-order valence-electron chi connectivity index (χ4n) is 1.78. The molecule has 0 bridgehead atoms. The van der Waals surface area contributed by atoms with E-state index in [0.29, 0.717) is 0 Å². The number of carbonyl (C=O) groups is 1. The Labute approximate surface area is 104 Å². The lowest BCUT2D eigenvalue weighted by atomic mass is 10.0. The first kappa shape index (κ1) is 12.8. The van der Waals surface area contributed by atoms with E-state index >= 15 is 0 Å². The van der Waals surface area contributed by atoms with Crippen LogP contribution in [0.15, 0.2) is 15.7 Å². The quantitative estimate of drug-likeness (QED) is 0.300. The minimum absolute atomic E-state index is 0.0157. The number of benzene rings is 1. The first-order chi connectivity index (χ1) is 8.95. The normalized spacial score (nSPS) is 10.6. The summed E-state index contributed by atoms with van der Waals surface area (Å²) < 4.78 is 0. The molecule has 9 heteroatoms. The molecular formula is C10H9N3O6. The second-order valence-corrected chi connectivity index (χ2v) is 3.75. The van der Waals surface area contributed by atoms with E-state index in [1.54, 1.807) is 0 Å². The van der Waals surface area contributed by atoms with Crippen LogP contribution in [0, 0.1) is 6.92 Å². The van der Waals surface area contributed by atoms with Crippen molar-refractivity contribution in [3.05, 3.63) is 37.9 Å². The number of fused-ring (bicyclic) bond motifs is 1. The Morgan fingerprint density at radius 1 is 1.32 bits per heavy atom. The number of aromatic nitrogens is 2. The van der Waals surface area contributed by atoms with Crippen LogP contribution in [0.25, 0.3) is 11.0 Å². The zero-order valence-corrected chi connectivity index (χ0v) is 9.60. The van der Waals surface area contributed by atoms with E-state index in [1.165, 1.54) is 13.0 Å². The molecule has 1 heterocycles. The number of hydrogen-bond donors (Lipinski definition) is 5. The van der Waals surface area contributed by atoms with Gasteiger partial charge in [0.05, 0.1) is 22.3 Å². The molecule has 100 valence electrons. The van der Waals surface area contributed by atoms with Crippen LogP contribution in [0.5, 0.6) is 0 Å². The summed E-state index contributed by atoms with van der Waals surface area (Å²) in [5.74, 6) is -1.30. The van der Waals surface area contributed by atoms with Crippen molar-refractivity contribution < 1.29 is 20.1 Å². The lowest BCUT2D eigenvalue weighted by molar-refractivity contribution is -0.215. The van der Waals surface area contributed by atoms with Gasteiger partial charge in [-0.1, -0.05) is 0 Å². The predicted molar refractivity (Wildman–Crippen MR) is 64.2 cm³/mol. The van der Waals surface area contributed by atoms with Crippen molar-refractivity contribution in [2.24, 2.45) is 0 Å². The summed E-state index contributed by atoms with van der Waals surface area (Å²) in [5.41, 5.74) is 0.422. The predicted octanol–water partition coefficient (Wildman–Crippen LogP) is 0.0395. The molecule has 1 aromatic carbocycles. The van der Waals surface area contributed by atoms with Crippen LogP contribution in [0.3, 0.4) is 0 Å². The first-order valence-corrected chi connectivity index (χ1v) is 5.05. The van der Waals surface area contributed by atoms with Crippen molar-refractivity contribution in [1.29, 1.82) is 0 Å². The van der Waals surface area contributed by atoms with Crippen LogP contribution in [0.2, 0.25) is 0 Å². The van der Waals surface area contributed by atoms with Gasteiger partial charge in [-0.2, -0.15) is 0 Å². The highest BCUT2D eigenvalue weighted by atomic mass is 17.2. The molecule has 0 atom stereocenters. The van der Waals surface area contributed by atoms with Crippen molar-refractivity contribution in [3.8, 4) is 0 Å². The molecule has 0 radical (unpaired) electrons. The van der Waals surface area contributed by atoms with Gasteiger partial charge in [-0.3, -0.25) is 9.59 Å². The van der Waals surface area contributed by atoms with Gasteiger partial charge in [-0.25, -0.2) is 15.5 Å². The van der Waals surface area contributed by atoms with E-state index in [0.717, 1.165) is 0 Å². The summed E-state index contributed by atoms with van der Waals surface area (Å²) in [7, 11) is 0. The summed E-state index contributed by atoms with van der Waals surface area (Å²) >= 11 is 0. The molecule has 0 fully saturated rings. The Morgan fingerprint density at radius 3 is 2.53 bits per heavy atom. The Kier molecular flexibility index (Phi) is 3.07. The number of anilines is 1. The Morgan fingerprint density at radius 2 is 1.95 bits per heavy atom. The minimum Gasteiger partial charge on any atom is -0.478 e. The zero-order valence-electron chi connectivity index (χ0n) is 9.60. The van der Waals surface area contributed by atoms with Crippen molar-refractivity contribution in [3.63, 3.8) is 0 Å². The smallest absolute Gasteiger partial charge is 0.338 e. The van der Waals surface area contributed by atoms with Crippen LogP contribution in [-0.4, -0.2) is 26.3 Å². The third-order valence-corrected chi connectivity index (χ3v) is 2.65. The first-order valence-electron chi connectivity index (χ1n) is 5.05. The topological polar surface area (TPSA) is 145 Å². The van der Waals surface area contributed by atoms with Crippen LogP contribution in [-0.2, 0) is 4.99 Å². The standard InChI is InChI=1S/C10H9N3O6/c1-3-4(13-19-18)2-5-7(6(3)10(16)17)12-9(15)8(14)11-5/h2,13,18H,1H3,(H,11,14)(H,12,15)(H,16,17). The van der Waals surface area contributed by atoms with Gasteiger partial charge in [0, 0.05) is 0 Å². The van der Waals surface area contributed by atoms with Crippen molar-refractivity contribution in [2.75, 3.05) is 5.48 Å². The van der Waals surface area contributed by atoms with Gasteiger partial charge in [-0.15, -0.1) is 4.99 Å². The molecule has 2 aromatic rings. The number of aromatic amines is 2. The summed E-state index contributed by atoms with van der Waals surface area (Å²) in [6, 6.07) is 1.32. The van der Waals surface area contributed by atoms with Crippen molar-refractivity contribution in [2.45, 2.75) is 6.92 Å². The highest BCUT2D eigenvalue weighted by molar-refractivity contribution is 6.04. The highest BCUT2D eigenvalue weighted by Gasteiger charge is 2.18. The molecular weight excluding hydrogens is 258 g/mol. The van der Waals surface area contributed by atoms with Crippen molar-refractivity contribution in [1.82, 2.24) is 9.97 Å². The molecule has 0 saturated carbocycles. The number of nitrogens with one attached hydrogen (secondary N) is 3. The summed E-state index contributed by atoms with van der Waals surface area (Å²) in [5, 5.41) is 17.5. The zero-order chi connectivity index (χ0) is 14.2. The molecule has 0 unspecified atom stereocenters. The van der Waals surface area contributed by atoms with Gasteiger partial charge in [0.15, 0.2) is 0 Å². The fraction of sp³-hybridized carbons (Fsp3) is 0.100. The number of carboxylic acids is 1. The fourth-order valence-corrected chi connectivity index (χ4v) is 1.78. The summed E-state index contributed by atoms with van der Waals surface area (Å²) in [4.78, 5) is 41.9. The largest absolute Gasteiger partial charge is 0.478 e. The van der Waals surface area contributed by atoms with Gasteiger partial charge >= 0.3 is 17.1 Å². The molecule has 0 amide bonds. The highest BCUT2D eigenvalue weighted by Crippen LogP contribution is 2.25. The minimum atomic E-state index is -1.30. The third kappa shape index (κ3) is 2.07. The Hall–Kier alpha value is -2.65. The van der Waals surface area contributed by atoms with Crippen LogP contribution in [0.4, 0.5) is 5.69 Å². The maximum Gasteiger partial charge on any atom is 0.338 e. The van der Waals surface area contributed by atoms with Gasteiger partial charge in [0.25, 0.3) is 0 Å². The van der Waals surface area contributed by atoms with E-state index in [9.17, 15) is 19.5 Å². The Bertz CT molecular complexity index is 775. The molecule has 2 rings (SSSR count). The number of hydrogen-bond acceptors (Lipinski definition) is 6. The van der Waals surface area contributed by atoms with E-state index in [1.807, 2.05) is 0 Å². The third-order valence-electron chi connectivity index (χ3n) is 2.65. The second-order valence-electron chi connectivity index (χ2n) is 3.75. The average Bonchev–Trinajstić information content (AvgIpc) is 2.33. The maximum absolute atomic E-state index is 11.3. The molecule has 0 aliphatic heterocycles. The molecule has 0 saturated heterocycles. The number of rotatable bonds is 3. The van der Waals surface area contributed by atoms with Crippen LogP contribution in [0.1, 0.15) is 15.9 Å². The molecule has 9 nitrogen and oxygen atoms in total. The second kappa shape index (κ2) is 4.55. The van der Waals surface area contributed by atoms with Gasteiger partial charge in [0.2, 0.25) is 0 Å². The number of carboxylic acid groups (broad SMARTS) is 1. The molecule has 0 aliphatic carbocycles. The van der Waals surface area contributed by atoms with E-state index in [-0.39, 0.29) is 27.8 Å². The lowest BCUT2D eigenvalue weighted by Crippen LogP contribution is -2.29. The van der Waals surface area contributed by atoms with E-state index in [2.05, 4.69) is 20.4 Å². The van der Waals surface area contributed by atoms with Gasteiger partial charge in [0.1, 0.15) is 0 Å². The molecule has 0 spiro atoms. The summed E-state index contributed by atoms with van der Waals surface area (Å²) in [6.45, 7) is 1.45. The Balaban J connectivity index is 2.96. The van der Waals surface area contributed by atoms with E-state index < -0.39 is 17.1 Å². The van der Waals surface area contributed by atoms with Crippen LogP contribution >= 0.6 is 0 Å².